The molecule has 2 heteroatoms. The molecule has 0 saturated carbocycles. The fourth-order valence-corrected chi connectivity index (χ4v) is 2.41. The molecule has 0 spiro atoms. The summed E-state index contributed by atoms with van der Waals surface area (Å²) in [4.78, 5) is 1.82. The highest BCUT2D eigenvalue weighted by Crippen LogP contribution is 2.06. The predicted octanol–water partition coefficient (Wildman–Crippen LogP) is -0.536. The van der Waals surface area contributed by atoms with Crippen LogP contribution in [0.4, 0.5) is 0 Å². The van der Waals surface area contributed by atoms with E-state index in [1.807, 2.05) is 4.90 Å². The standard InChI is InChI=1S/C10H22N2/c1-9-5-3-6-10(2)12(9)8-4-7-11/h9-10H,3-8,11H2,1-2H3/p+2/t9-,10-/m0/s1. The molecule has 0 unspecified atom stereocenters. The van der Waals surface area contributed by atoms with Crippen molar-refractivity contribution in [2.24, 2.45) is 0 Å². The minimum atomic E-state index is 0.889. The quantitative estimate of drug-likeness (QED) is 0.573. The molecule has 1 saturated heterocycles. The second-order valence-corrected chi connectivity index (χ2v) is 4.27. The van der Waals surface area contributed by atoms with Crippen LogP contribution in [0.5, 0.6) is 0 Å². The Balaban J connectivity index is 2.34. The van der Waals surface area contributed by atoms with Crippen molar-refractivity contribution in [1.29, 1.82) is 0 Å². The number of rotatable bonds is 3. The molecule has 12 heavy (non-hydrogen) atoms. The fraction of sp³-hybridized carbons (Fsp3) is 1.00. The number of quaternary nitrogens is 2. The first-order chi connectivity index (χ1) is 5.75. The van der Waals surface area contributed by atoms with Crippen molar-refractivity contribution in [2.75, 3.05) is 13.1 Å². The van der Waals surface area contributed by atoms with Crippen molar-refractivity contribution in [3.05, 3.63) is 0 Å². The summed E-state index contributed by atoms with van der Waals surface area (Å²) in [5, 5.41) is 0. The largest absolute Gasteiger partial charge is 0.357 e. The molecular formula is C10H24N2+2. The van der Waals surface area contributed by atoms with Gasteiger partial charge in [-0.15, -0.1) is 0 Å². The van der Waals surface area contributed by atoms with Crippen LogP contribution >= 0.6 is 0 Å². The molecule has 1 fully saturated rings. The summed E-state index contributed by atoms with van der Waals surface area (Å²) in [6.07, 6.45) is 5.59. The highest BCUT2D eigenvalue weighted by Gasteiger charge is 2.27. The second kappa shape index (κ2) is 4.83. The van der Waals surface area contributed by atoms with E-state index in [9.17, 15) is 0 Å². The molecule has 0 aromatic carbocycles. The molecule has 1 aliphatic heterocycles. The summed E-state index contributed by atoms with van der Waals surface area (Å²) in [5.41, 5.74) is 3.91. The number of piperidine rings is 1. The van der Waals surface area contributed by atoms with Crippen LogP contribution in [0.15, 0.2) is 0 Å². The van der Waals surface area contributed by atoms with Gasteiger partial charge in [0.15, 0.2) is 0 Å². The maximum atomic E-state index is 3.91. The first-order valence-corrected chi connectivity index (χ1v) is 5.40. The number of hydrogen-bond acceptors (Lipinski definition) is 0. The minimum Gasteiger partial charge on any atom is -0.357 e. The number of nitrogens with one attached hydrogen (secondary N) is 1. The van der Waals surface area contributed by atoms with Crippen LogP contribution in [-0.4, -0.2) is 25.2 Å². The molecule has 0 radical (unpaired) electrons. The summed E-state index contributed by atoms with van der Waals surface area (Å²) in [7, 11) is 0. The van der Waals surface area contributed by atoms with Gasteiger partial charge >= 0.3 is 0 Å². The van der Waals surface area contributed by atoms with E-state index in [4.69, 9.17) is 0 Å². The summed E-state index contributed by atoms with van der Waals surface area (Å²) in [5.74, 6) is 0. The zero-order chi connectivity index (χ0) is 8.97. The Bertz CT molecular complexity index is 115. The molecule has 0 bridgehead atoms. The average molecular weight is 172 g/mol. The van der Waals surface area contributed by atoms with Crippen molar-refractivity contribution in [3.8, 4) is 0 Å². The van der Waals surface area contributed by atoms with Gasteiger partial charge < -0.3 is 10.6 Å². The van der Waals surface area contributed by atoms with Gasteiger partial charge in [0, 0.05) is 6.42 Å². The van der Waals surface area contributed by atoms with Gasteiger partial charge in [-0.1, -0.05) is 0 Å². The molecule has 1 heterocycles. The van der Waals surface area contributed by atoms with Gasteiger partial charge in [0.2, 0.25) is 0 Å². The van der Waals surface area contributed by atoms with Gasteiger partial charge in [0.25, 0.3) is 0 Å². The Morgan fingerprint density at radius 2 is 1.83 bits per heavy atom. The molecule has 0 aromatic rings. The van der Waals surface area contributed by atoms with Crippen LogP contribution in [-0.2, 0) is 0 Å². The molecule has 0 aromatic heterocycles. The molecule has 72 valence electrons. The fourth-order valence-electron chi connectivity index (χ4n) is 2.41. The van der Waals surface area contributed by atoms with Gasteiger partial charge in [0.05, 0.1) is 25.2 Å². The van der Waals surface area contributed by atoms with Crippen LogP contribution in [0.1, 0.15) is 39.5 Å². The highest BCUT2D eigenvalue weighted by atomic mass is 15.2. The van der Waals surface area contributed by atoms with Gasteiger partial charge in [-0.2, -0.15) is 0 Å². The molecule has 0 amide bonds. The van der Waals surface area contributed by atoms with Gasteiger partial charge in [-0.25, -0.2) is 0 Å². The first kappa shape index (κ1) is 10.0. The van der Waals surface area contributed by atoms with E-state index in [2.05, 4.69) is 19.6 Å². The third-order valence-electron chi connectivity index (χ3n) is 3.26. The maximum absolute atomic E-state index is 3.91. The smallest absolute Gasteiger partial charge is 0.0848 e. The lowest BCUT2D eigenvalue weighted by Gasteiger charge is -2.35. The van der Waals surface area contributed by atoms with Crippen LogP contribution < -0.4 is 10.6 Å². The summed E-state index contributed by atoms with van der Waals surface area (Å²) >= 11 is 0. The van der Waals surface area contributed by atoms with Crippen molar-refractivity contribution in [1.82, 2.24) is 0 Å². The number of hydrogen-bond donors (Lipinski definition) is 2. The molecule has 2 atom stereocenters. The van der Waals surface area contributed by atoms with Crippen LogP contribution in [0, 0.1) is 0 Å². The molecule has 1 rings (SSSR count). The van der Waals surface area contributed by atoms with E-state index in [0.717, 1.165) is 18.6 Å². The summed E-state index contributed by atoms with van der Waals surface area (Å²) < 4.78 is 0. The van der Waals surface area contributed by atoms with E-state index in [-0.39, 0.29) is 0 Å². The zero-order valence-electron chi connectivity index (χ0n) is 8.60. The lowest BCUT2D eigenvalue weighted by molar-refractivity contribution is -0.951. The van der Waals surface area contributed by atoms with Crippen LogP contribution in [0.3, 0.4) is 0 Å². The maximum Gasteiger partial charge on any atom is 0.0848 e. The van der Waals surface area contributed by atoms with Gasteiger partial charge in [-0.3, -0.25) is 0 Å². The normalized spacial score (nSPS) is 32.2. The molecular weight excluding hydrogens is 148 g/mol. The Hall–Kier alpha value is -0.0800. The lowest BCUT2D eigenvalue weighted by atomic mass is 9.97. The first-order valence-electron chi connectivity index (χ1n) is 5.40. The van der Waals surface area contributed by atoms with E-state index >= 15 is 0 Å². The Morgan fingerprint density at radius 3 is 2.33 bits per heavy atom. The lowest BCUT2D eigenvalue weighted by Crippen LogP contribution is -3.19. The van der Waals surface area contributed by atoms with Gasteiger partial charge in [0.1, 0.15) is 0 Å². The third-order valence-corrected chi connectivity index (χ3v) is 3.26. The molecule has 1 aliphatic rings. The van der Waals surface area contributed by atoms with Crippen molar-refractivity contribution in [2.45, 2.75) is 51.6 Å². The van der Waals surface area contributed by atoms with Crippen LogP contribution in [0.25, 0.3) is 0 Å². The number of likely N-dealkylation sites (tertiary alicyclic amines) is 1. The minimum absolute atomic E-state index is 0.889. The highest BCUT2D eigenvalue weighted by molar-refractivity contribution is 4.61. The van der Waals surface area contributed by atoms with Crippen LogP contribution in [0.2, 0.25) is 0 Å². The van der Waals surface area contributed by atoms with Crippen molar-refractivity contribution >= 4 is 0 Å². The average Bonchev–Trinajstić information content (AvgIpc) is 2.04. The molecule has 4 N–H and O–H groups in total. The topological polar surface area (TPSA) is 32.1 Å². The Morgan fingerprint density at radius 1 is 1.25 bits per heavy atom. The molecule has 2 nitrogen and oxygen atoms in total. The summed E-state index contributed by atoms with van der Waals surface area (Å²) in [6.45, 7) is 7.23. The zero-order valence-corrected chi connectivity index (χ0v) is 8.60. The monoisotopic (exact) mass is 172 g/mol. The Kier molecular flexibility index (Phi) is 4.02. The van der Waals surface area contributed by atoms with E-state index in [0.29, 0.717) is 0 Å². The van der Waals surface area contributed by atoms with E-state index < -0.39 is 0 Å². The SMILES string of the molecule is C[C@H]1CCC[C@H](C)[NH+]1CCC[NH3+]. The van der Waals surface area contributed by atoms with Crippen molar-refractivity contribution < 1.29 is 10.6 Å². The molecule has 0 aliphatic carbocycles. The summed E-state index contributed by atoms with van der Waals surface area (Å²) in [6, 6.07) is 1.78. The predicted molar refractivity (Wildman–Crippen MR) is 51.0 cm³/mol. The van der Waals surface area contributed by atoms with Gasteiger partial charge in [-0.05, 0) is 33.1 Å². The Labute approximate surface area is 76.1 Å². The van der Waals surface area contributed by atoms with Crippen molar-refractivity contribution in [3.63, 3.8) is 0 Å². The van der Waals surface area contributed by atoms with E-state index in [1.165, 1.54) is 32.2 Å². The van der Waals surface area contributed by atoms with E-state index in [1.54, 1.807) is 0 Å². The third kappa shape index (κ3) is 2.46. The second-order valence-electron chi connectivity index (χ2n) is 4.27.